The summed E-state index contributed by atoms with van der Waals surface area (Å²) in [6.45, 7) is 4.18. The summed E-state index contributed by atoms with van der Waals surface area (Å²) in [4.78, 5) is 26.4. The van der Waals surface area contributed by atoms with Crippen LogP contribution in [0.5, 0.6) is 0 Å². The number of benzene rings is 1. The van der Waals surface area contributed by atoms with Crippen molar-refractivity contribution >= 4 is 17.5 Å². The number of likely N-dealkylation sites (tertiary alicyclic amines) is 1. The van der Waals surface area contributed by atoms with Gasteiger partial charge in [0.2, 0.25) is 0 Å². The molecule has 25 heavy (non-hydrogen) atoms. The van der Waals surface area contributed by atoms with E-state index in [1.165, 1.54) is 0 Å². The van der Waals surface area contributed by atoms with E-state index in [0.717, 1.165) is 37.5 Å². The Labute approximate surface area is 147 Å². The number of nitrogens with one attached hydrogen (secondary N) is 2. The van der Waals surface area contributed by atoms with Crippen LogP contribution in [-0.2, 0) is 9.59 Å². The molecule has 1 aromatic heterocycles. The van der Waals surface area contributed by atoms with Crippen LogP contribution in [0.15, 0.2) is 46.9 Å². The van der Waals surface area contributed by atoms with Crippen molar-refractivity contribution in [2.75, 3.05) is 25.0 Å². The Morgan fingerprint density at radius 3 is 2.44 bits per heavy atom. The molecule has 0 radical (unpaired) electrons. The summed E-state index contributed by atoms with van der Waals surface area (Å²) in [6.07, 6.45) is 2.28. The van der Waals surface area contributed by atoms with Gasteiger partial charge in [-0.3, -0.25) is 14.5 Å². The smallest absolute Gasteiger partial charge is 0.313 e. The summed E-state index contributed by atoms with van der Waals surface area (Å²) in [5.74, 6) is 0.355. The van der Waals surface area contributed by atoms with E-state index in [1.54, 1.807) is 24.3 Å². The van der Waals surface area contributed by atoms with E-state index in [4.69, 9.17) is 4.42 Å². The molecule has 1 atom stereocenters. The number of hydrogen-bond acceptors (Lipinski definition) is 4. The molecule has 1 fully saturated rings. The molecule has 0 bridgehead atoms. The average Bonchev–Trinajstić information content (AvgIpc) is 3.28. The van der Waals surface area contributed by atoms with E-state index in [0.29, 0.717) is 12.2 Å². The Hall–Kier alpha value is -2.60. The second kappa shape index (κ2) is 7.98. The van der Waals surface area contributed by atoms with Crippen molar-refractivity contribution in [3.05, 3.63) is 54.0 Å². The highest BCUT2D eigenvalue weighted by Crippen LogP contribution is 2.26. The molecular weight excluding hydrogens is 318 g/mol. The number of carbonyl (C=O) groups is 2. The molecule has 2 heterocycles. The number of furan rings is 1. The van der Waals surface area contributed by atoms with E-state index in [1.807, 2.05) is 25.1 Å². The Bertz CT molecular complexity index is 721. The molecule has 0 aliphatic carbocycles. The van der Waals surface area contributed by atoms with E-state index >= 15 is 0 Å². The van der Waals surface area contributed by atoms with Crippen molar-refractivity contribution in [3.63, 3.8) is 0 Å². The van der Waals surface area contributed by atoms with Gasteiger partial charge in [0.05, 0.1) is 6.04 Å². The van der Waals surface area contributed by atoms with Gasteiger partial charge < -0.3 is 15.1 Å². The topological polar surface area (TPSA) is 74.6 Å². The van der Waals surface area contributed by atoms with Crippen LogP contribution in [0.25, 0.3) is 0 Å². The second-order valence-corrected chi connectivity index (χ2v) is 6.24. The Morgan fingerprint density at radius 1 is 1.08 bits per heavy atom. The largest absolute Gasteiger partial charge is 0.465 e. The fourth-order valence-electron chi connectivity index (χ4n) is 3.07. The van der Waals surface area contributed by atoms with Gasteiger partial charge in [0.1, 0.15) is 11.5 Å². The van der Waals surface area contributed by atoms with Gasteiger partial charge in [-0.25, -0.2) is 0 Å². The van der Waals surface area contributed by atoms with E-state index in [9.17, 15) is 9.59 Å². The minimum Gasteiger partial charge on any atom is -0.465 e. The predicted octanol–water partition coefficient (Wildman–Crippen LogP) is 2.48. The van der Waals surface area contributed by atoms with Crippen molar-refractivity contribution in [2.24, 2.45) is 0 Å². The highest BCUT2D eigenvalue weighted by Gasteiger charge is 2.27. The number of hydrogen-bond donors (Lipinski definition) is 2. The van der Waals surface area contributed by atoms with Crippen molar-refractivity contribution in [3.8, 4) is 0 Å². The lowest BCUT2D eigenvalue weighted by Gasteiger charge is -2.25. The van der Waals surface area contributed by atoms with Gasteiger partial charge >= 0.3 is 11.8 Å². The Balaban J connectivity index is 1.60. The number of rotatable bonds is 5. The van der Waals surface area contributed by atoms with Gasteiger partial charge in [0.15, 0.2) is 0 Å². The second-order valence-electron chi connectivity index (χ2n) is 6.24. The predicted molar refractivity (Wildman–Crippen MR) is 95.1 cm³/mol. The third kappa shape index (κ3) is 4.48. The van der Waals surface area contributed by atoms with Crippen molar-refractivity contribution < 1.29 is 14.0 Å². The molecule has 3 rings (SSSR count). The van der Waals surface area contributed by atoms with Crippen LogP contribution in [0.3, 0.4) is 0 Å². The van der Waals surface area contributed by atoms with Crippen molar-refractivity contribution in [2.45, 2.75) is 25.8 Å². The minimum atomic E-state index is -0.665. The summed E-state index contributed by atoms with van der Waals surface area (Å²) in [6, 6.07) is 12.7. The average molecular weight is 341 g/mol. The molecule has 1 aliphatic heterocycles. The fourth-order valence-corrected chi connectivity index (χ4v) is 3.07. The van der Waals surface area contributed by atoms with Crippen molar-refractivity contribution in [1.29, 1.82) is 0 Å². The number of carbonyl (C=O) groups excluding carboxylic acids is 2. The first-order valence-electron chi connectivity index (χ1n) is 8.58. The minimum absolute atomic E-state index is 0.0512. The molecular formula is C19H23N3O3. The summed E-state index contributed by atoms with van der Waals surface area (Å²) in [5, 5.41) is 5.33. The van der Waals surface area contributed by atoms with Crippen LogP contribution in [0, 0.1) is 6.92 Å². The first kappa shape index (κ1) is 17.2. The maximum atomic E-state index is 12.1. The number of para-hydroxylation sites is 1. The third-order valence-electron chi connectivity index (χ3n) is 4.36. The lowest BCUT2D eigenvalue weighted by molar-refractivity contribution is -0.136. The molecule has 2 aromatic rings. The number of nitrogens with zero attached hydrogens (tertiary/aromatic N) is 1. The van der Waals surface area contributed by atoms with Crippen LogP contribution >= 0.6 is 0 Å². The SMILES string of the molecule is Cc1ccc(C(CNC(=O)C(=O)Nc2ccccc2)N2CCCC2)o1. The summed E-state index contributed by atoms with van der Waals surface area (Å²) in [7, 11) is 0. The summed E-state index contributed by atoms with van der Waals surface area (Å²) >= 11 is 0. The van der Waals surface area contributed by atoms with Gasteiger partial charge in [0, 0.05) is 12.2 Å². The summed E-state index contributed by atoms with van der Waals surface area (Å²) < 4.78 is 5.75. The van der Waals surface area contributed by atoms with E-state index in [2.05, 4.69) is 15.5 Å². The van der Waals surface area contributed by atoms with Crippen LogP contribution < -0.4 is 10.6 Å². The van der Waals surface area contributed by atoms with Crippen LogP contribution in [0.1, 0.15) is 30.4 Å². The van der Waals surface area contributed by atoms with Crippen molar-refractivity contribution in [1.82, 2.24) is 10.2 Å². The molecule has 1 aliphatic rings. The van der Waals surface area contributed by atoms with E-state index < -0.39 is 11.8 Å². The zero-order valence-electron chi connectivity index (χ0n) is 14.3. The quantitative estimate of drug-likeness (QED) is 0.820. The maximum Gasteiger partial charge on any atom is 0.313 e. The number of anilines is 1. The van der Waals surface area contributed by atoms with Crippen LogP contribution in [0.4, 0.5) is 5.69 Å². The Kier molecular flexibility index (Phi) is 5.50. The monoisotopic (exact) mass is 341 g/mol. The lowest BCUT2D eigenvalue weighted by Crippen LogP contribution is -2.41. The third-order valence-corrected chi connectivity index (χ3v) is 4.36. The number of aryl methyl sites for hydroxylation is 1. The lowest BCUT2D eigenvalue weighted by atomic mass is 10.2. The standard InChI is InChI=1S/C19H23N3O3/c1-14-9-10-17(25-14)16(22-11-5-6-12-22)13-20-18(23)19(24)21-15-7-3-2-4-8-15/h2-4,7-10,16H,5-6,11-13H2,1H3,(H,20,23)(H,21,24). The molecule has 1 aromatic carbocycles. The zero-order chi connectivity index (χ0) is 17.6. The fraction of sp³-hybridized carbons (Fsp3) is 0.368. The molecule has 1 unspecified atom stereocenters. The molecule has 0 spiro atoms. The molecule has 132 valence electrons. The van der Waals surface area contributed by atoms with Gasteiger partial charge in [-0.2, -0.15) is 0 Å². The molecule has 0 saturated carbocycles. The normalized spacial score (nSPS) is 15.7. The number of amides is 2. The molecule has 2 N–H and O–H groups in total. The van der Waals surface area contributed by atoms with E-state index in [-0.39, 0.29) is 6.04 Å². The summed E-state index contributed by atoms with van der Waals surface area (Å²) in [5.41, 5.74) is 0.598. The zero-order valence-corrected chi connectivity index (χ0v) is 14.3. The maximum absolute atomic E-state index is 12.1. The molecule has 1 saturated heterocycles. The van der Waals surface area contributed by atoms with Crippen LogP contribution in [0.2, 0.25) is 0 Å². The highest BCUT2D eigenvalue weighted by atomic mass is 16.3. The first-order valence-corrected chi connectivity index (χ1v) is 8.58. The molecule has 6 heteroatoms. The van der Waals surface area contributed by atoms with Gasteiger partial charge in [-0.1, -0.05) is 18.2 Å². The van der Waals surface area contributed by atoms with Gasteiger partial charge in [-0.05, 0) is 57.1 Å². The molecule has 6 nitrogen and oxygen atoms in total. The molecule has 2 amide bonds. The van der Waals surface area contributed by atoms with Gasteiger partial charge in [0.25, 0.3) is 0 Å². The highest BCUT2D eigenvalue weighted by molar-refractivity contribution is 6.39. The van der Waals surface area contributed by atoms with Gasteiger partial charge in [-0.15, -0.1) is 0 Å². The first-order chi connectivity index (χ1) is 12.1. The Morgan fingerprint density at radius 2 is 1.80 bits per heavy atom. The van der Waals surface area contributed by atoms with Crippen LogP contribution in [-0.4, -0.2) is 36.3 Å².